The molecule has 0 radical (unpaired) electrons. The first-order valence-corrected chi connectivity index (χ1v) is 31.9. The fourth-order valence-corrected chi connectivity index (χ4v) is 16.0. The second kappa shape index (κ2) is 22.2. The van der Waals surface area contributed by atoms with Crippen LogP contribution >= 0.6 is 0 Å². The Bertz CT molecular complexity index is 2010. The lowest BCUT2D eigenvalue weighted by atomic mass is 9.88. The Hall–Kier alpha value is -2.95. The van der Waals surface area contributed by atoms with E-state index >= 15 is 0 Å². The Morgan fingerprint density at radius 2 is 1.17 bits per heavy atom. The largest absolute Gasteiger partial charge is 0.497 e. The Morgan fingerprint density at radius 1 is 0.652 bits per heavy atom. The minimum absolute atomic E-state index is 0.0571. The van der Waals surface area contributed by atoms with Gasteiger partial charge < -0.3 is 37.3 Å². The molecule has 0 spiro atoms. The van der Waals surface area contributed by atoms with Gasteiger partial charge >= 0.3 is 0 Å². The van der Waals surface area contributed by atoms with Gasteiger partial charge in [-0.3, -0.25) is 0 Å². The molecule has 11 heteroatoms. The lowest BCUT2D eigenvalue weighted by molar-refractivity contribution is -0.185. The molecule has 66 heavy (non-hydrogen) atoms. The average molecular weight is 958 g/mol. The number of ether oxygens (including phenoxy) is 4. The Labute approximate surface area is 402 Å². The zero-order valence-corrected chi connectivity index (χ0v) is 46.1. The average Bonchev–Trinajstić information content (AvgIpc) is 3.59. The van der Waals surface area contributed by atoms with Crippen LogP contribution in [0.15, 0.2) is 115 Å². The number of rotatable bonds is 22. The van der Waals surface area contributed by atoms with Crippen molar-refractivity contribution in [3.63, 3.8) is 0 Å². The van der Waals surface area contributed by atoms with E-state index in [1.807, 2.05) is 30.3 Å². The monoisotopic (exact) mass is 957 g/mol. The lowest BCUT2D eigenvalue weighted by Crippen LogP contribution is -2.66. The molecule has 0 saturated carbocycles. The van der Waals surface area contributed by atoms with Crippen molar-refractivity contribution in [2.45, 2.75) is 179 Å². The fraction of sp³-hybridized carbons (Fsp3) is 0.564. The van der Waals surface area contributed by atoms with Gasteiger partial charge in [0.15, 0.2) is 16.6 Å². The highest BCUT2D eigenvalue weighted by molar-refractivity contribution is 6.99. The molecule has 6 atom stereocenters. The van der Waals surface area contributed by atoms with Crippen LogP contribution in [0.25, 0.3) is 0 Å². The van der Waals surface area contributed by atoms with Crippen LogP contribution in [0, 0.1) is 0 Å². The van der Waals surface area contributed by atoms with Crippen LogP contribution in [0.3, 0.4) is 0 Å². The number of aliphatic hydroxyl groups excluding tert-OH is 1. The first-order valence-electron chi connectivity index (χ1n) is 24.2. The predicted octanol–water partition coefficient (Wildman–Crippen LogP) is 11.8. The third-order valence-electron chi connectivity index (χ3n) is 14.6. The SMILES string of the molecule is COc1ccc(COCC[C@@H](O)[C@H]2O[C@@](C)([C@@H](OCc3ccccc3)[C@H](CCO[Si](c3ccccc3)(c3ccccc3)C(C)(C)C)O[Si](C)(C)C(C)(C)C)C[C@@H]2O[Si](C)(C)C(C)(C)C)cc1. The summed E-state index contributed by atoms with van der Waals surface area (Å²) in [5.74, 6) is 0.804. The van der Waals surface area contributed by atoms with Gasteiger partial charge in [0.05, 0.1) is 44.2 Å². The third-order valence-corrected chi connectivity index (χ3v) is 28.6. The minimum atomic E-state index is -2.87. The van der Waals surface area contributed by atoms with E-state index in [9.17, 15) is 5.11 Å². The lowest BCUT2D eigenvalue weighted by Gasteiger charge is -2.46. The summed E-state index contributed by atoms with van der Waals surface area (Å²) in [7, 11) is -5.99. The van der Waals surface area contributed by atoms with Crippen LogP contribution in [0.5, 0.6) is 5.75 Å². The van der Waals surface area contributed by atoms with Gasteiger partial charge in [0.2, 0.25) is 0 Å². The first kappa shape index (κ1) is 54.0. The van der Waals surface area contributed by atoms with Crippen molar-refractivity contribution in [2.75, 3.05) is 20.3 Å². The van der Waals surface area contributed by atoms with Crippen molar-refractivity contribution in [3.8, 4) is 5.75 Å². The molecule has 0 aromatic heterocycles. The molecule has 364 valence electrons. The summed E-state index contributed by atoms with van der Waals surface area (Å²) < 4.78 is 48.6. The van der Waals surface area contributed by atoms with E-state index in [0.29, 0.717) is 45.7 Å². The molecule has 0 amide bonds. The van der Waals surface area contributed by atoms with Crippen molar-refractivity contribution < 1.29 is 37.3 Å². The van der Waals surface area contributed by atoms with Crippen molar-refractivity contribution >= 4 is 35.3 Å². The van der Waals surface area contributed by atoms with Gasteiger partial charge in [-0.2, -0.15) is 0 Å². The van der Waals surface area contributed by atoms with Gasteiger partial charge in [-0.15, -0.1) is 0 Å². The zero-order chi connectivity index (χ0) is 48.6. The molecule has 1 fully saturated rings. The van der Waals surface area contributed by atoms with E-state index < -0.39 is 55.0 Å². The molecule has 1 N–H and O–H groups in total. The normalized spacial score (nSPS) is 20.2. The predicted molar refractivity (Wildman–Crippen MR) is 279 cm³/mol. The second-order valence-electron chi connectivity index (χ2n) is 22.7. The van der Waals surface area contributed by atoms with Crippen molar-refractivity contribution in [2.24, 2.45) is 0 Å². The number of hydrogen-bond donors (Lipinski definition) is 1. The molecule has 1 aliphatic rings. The highest BCUT2D eigenvalue weighted by Crippen LogP contribution is 2.47. The van der Waals surface area contributed by atoms with E-state index in [4.69, 9.17) is 32.2 Å². The van der Waals surface area contributed by atoms with E-state index in [1.165, 1.54) is 10.4 Å². The van der Waals surface area contributed by atoms with Gasteiger partial charge in [0.25, 0.3) is 8.32 Å². The summed E-state index contributed by atoms with van der Waals surface area (Å²) in [6, 6.07) is 39.9. The third kappa shape index (κ3) is 13.2. The number of methoxy groups -OCH3 is 1. The van der Waals surface area contributed by atoms with Crippen LogP contribution < -0.4 is 15.1 Å². The summed E-state index contributed by atoms with van der Waals surface area (Å²) in [5, 5.41) is 14.3. The highest BCUT2D eigenvalue weighted by Gasteiger charge is 2.57. The maximum atomic E-state index is 12.2. The van der Waals surface area contributed by atoms with E-state index in [1.54, 1.807) is 7.11 Å². The van der Waals surface area contributed by atoms with Gasteiger partial charge in [-0.25, -0.2) is 0 Å². The molecule has 0 unspecified atom stereocenters. The maximum absolute atomic E-state index is 12.2. The maximum Gasteiger partial charge on any atom is 0.261 e. The topological polar surface area (TPSA) is 84.8 Å². The Morgan fingerprint density at radius 3 is 1.67 bits per heavy atom. The highest BCUT2D eigenvalue weighted by atomic mass is 28.4. The molecule has 0 bridgehead atoms. The summed E-state index contributed by atoms with van der Waals surface area (Å²) in [6.45, 7) is 33.6. The van der Waals surface area contributed by atoms with E-state index in [2.05, 4.69) is 180 Å². The van der Waals surface area contributed by atoms with Crippen molar-refractivity contribution in [1.82, 2.24) is 0 Å². The molecular formula is C55H84O8Si3. The molecular weight excluding hydrogens is 873 g/mol. The summed E-state index contributed by atoms with van der Waals surface area (Å²) in [5.41, 5.74) is 1.21. The Balaban J connectivity index is 1.54. The van der Waals surface area contributed by atoms with Crippen LogP contribution in [0.1, 0.15) is 99.6 Å². The molecule has 1 heterocycles. The molecule has 8 nitrogen and oxygen atoms in total. The zero-order valence-electron chi connectivity index (χ0n) is 43.1. The minimum Gasteiger partial charge on any atom is -0.497 e. The van der Waals surface area contributed by atoms with Gasteiger partial charge in [0.1, 0.15) is 18.0 Å². The molecule has 4 aromatic carbocycles. The van der Waals surface area contributed by atoms with Crippen molar-refractivity contribution in [3.05, 3.63) is 126 Å². The smallest absolute Gasteiger partial charge is 0.261 e. The van der Waals surface area contributed by atoms with Gasteiger partial charge in [-0.05, 0) is 94.7 Å². The number of benzene rings is 4. The summed E-state index contributed by atoms with van der Waals surface area (Å²) in [6.07, 6.45) is -1.28. The first-order chi connectivity index (χ1) is 30.8. The van der Waals surface area contributed by atoms with E-state index in [0.717, 1.165) is 16.9 Å². The Kier molecular flexibility index (Phi) is 18.2. The molecule has 0 aliphatic carbocycles. The quantitative estimate of drug-likeness (QED) is 0.0616. The van der Waals surface area contributed by atoms with E-state index in [-0.39, 0.29) is 21.2 Å². The number of aliphatic hydroxyl groups is 1. The standard InChI is InChI=1S/C55H84O8Si3/c1-52(2,3)64(12,13)62-48(36-38-60-66(54(7,8)9,45-27-21-17-22-28-45)46-29-23-18-24-30-46)51(59-41-42-25-19-16-20-26-42)55(10)39-49(63-65(14,15)53(4,5)6)50(61-55)47(56)35-37-58-40-43-31-33-44(57-11)34-32-43/h16-34,47-51,56H,35-41H2,1-15H3/t47-,48+,49+,50-,51+,55-/m1/s1. The summed E-state index contributed by atoms with van der Waals surface area (Å²) in [4.78, 5) is 0. The molecule has 1 aliphatic heterocycles. The van der Waals surface area contributed by atoms with Crippen LogP contribution in [-0.2, 0) is 40.7 Å². The van der Waals surface area contributed by atoms with Crippen LogP contribution in [0.4, 0.5) is 0 Å². The van der Waals surface area contributed by atoms with Crippen LogP contribution in [0.2, 0.25) is 41.3 Å². The molecule has 5 rings (SSSR count). The van der Waals surface area contributed by atoms with Gasteiger partial charge in [0, 0.05) is 19.6 Å². The van der Waals surface area contributed by atoms with Crippen molar-refractivity contribution in [1.29, 1.82) is 0 Å². The fourth-order valence-electron chi connectivity index (χ4n) is 8.76. The van der Waals surface area contributed by atoms with Gasteiger partial charge in [-0.1, -0.05) is 165 Å². The van der Waals surface area contributed by atoms with Crippen LogP contribution in [-0.4, -0.2) is 86.5 Å². The summed E-state index contributed by atoms with van der Waals surface area (Å²) >= 11 is 0. The number of hydrogen-bond acceptors (Lipinski definition) is 8. The second-order valence-corrected chi connectivity index (χ2v) is 36.5. The molecule has 4 aromatic rings. The molecule has 1 saturated heterocycles.